The molecule has 1 unspecified atom stereocenters. The minimum Gasteiger partial charge on any atom is -0.461 e. The quantitative estimate of drug-likeness (QED) is 0.524. The topological polar surface area (TPSA) is 107 Å². The number of hydrogen-bond acceptors (Lipinski definition) is 8. The van der Waals surface area contributed by atoms with Crippen molar-refractivity contribution in [2.75, 3.05) is 24.0 Å². The summed E-state index contributed by atoms with van der Waals surface area (Å²) in [6.07, 6.45) is 0.871. The molecule has 1 saturated heterocycles. The predicted molar refractivity (Wildman–Crippen MR) is 70.9 cm³/mol. The average Bonchev–Trinajstić information content (AvgIpc) is 2.74. The molecule has 0 aromatic carbocycles. The van der Waals surface area contributed by atoms with Crippen molar-refractivity contribution in [2.24, 2.45) is 5.84 Å². The minimum atomic E-state index is -0.178. The van der Waals surface area contributed by atoms with Crippen molar-refractivity contribution < 1.29 is 9.47 Å². The number of anilines is 2. The van der Waals surface area contributed by atoms with Crippen molar-refractivity contribution in [1.29, 1.82) is 0 Å². The summed E-state index contributed by atoms with van der Waals surface area (Å²) >= 11 is 0. The van der Waals surface area contributed by atoms with Crippen molar-refractivity contribution >= 4 is 11.9 Å². The van der Waals surface area contributed by atoms with E-state index in [2.05, 4.69) is 32.6 Å². The second kappa shape index (κ2) is 5.54. The number of hydrazine groups is 1. The Balaban J connectivity index is 2.18. The van der Waals surface area contributed by atoms with Crippen LogP contribution < -0.4 is 21.3 Å². The summed E-state index contributed by atoms with van der Waals surface area (Å²) in [7, 11) is 0. The van der Waals surface area contributed by atoms with Gasteiger partial charge in [0.1, 0.15) is 0 Å². The summed E-state index contributed by atoms with van der Waals surface area (Å²) in [6.45, 7) is 7.20. The molecule has 0 bridgehead atoms. The molecule has 1 aromatic heterocycles. The van der Waals surface area contributed by atoms with E-state index in [1.165, 1.54) is 0 Å². The predicted octanol–water partition coefficient (Wildman–Crippen LogP) is 0.535. The maximum absolute atomic E-state index is 5.47. The lowest BCUT2D eigenvalue weighted by Gasteiger charge is -2.23. The lowest BCUT2D eigenvalue weighted by Crippen LogP contribution is -2.36. The Hall–Kier alpha value is -1.67. The summed E-state index contributed by atoms with van der Waals surface area (Å²) in [5.74, 6) is 6.03. The van der Waals surface area contributed by atoms with Gasteiger partial charge in [0.25, 0.3) is 0 Å². The second-order valence-corrected chi connectivity index (χ2v) is 5.06. The molecule has 0 amide bonds. The van der Waals surface area contributed by atoms with E-state index in [1.54, 1.807) is 0 Å². The molecule has 0 spiro atoms. The highest BCUT2D eigenvalue weighted by Gasteiger charge is 2.30. The zero-order chi connectivity index (χ0) is 13.9. The van der Waals surface area contributed by atoms with E-state index in [1.807, 2.05) is 13.8 Å². The van der Waals surface area contributed by atoms with Gasteiger partial charge in [-0.1, -0.05) is 0 Å². The van der Waals surface area contributed by atoms with Crippen molar-refractivity contribution in [3.8, 4) is 6.01 Å². The van der Waals surface area contributed by atoms with Crippen LogP contribution in [0, 0.1) is 0 Å². The van der Waals surface area contributed by atoms with Gasteiger partial charge < -0.3 is 14.8 Å². The normalized spacial score (nSPS) is 22.6. The van der Waals surface area contributed by atoms with Crippen LogP contribution in [0.4, 0.5) is 11.9 Å². The fourth-order valence-electron chi connectivity index (χ4n) is 1.78. The number of ether oxygens (including phenoxy) is 2. The third-order valence-electron chi connectivity index (χ3n) is 2.72. The first-order valence-electron chi connectivity index (χ1n) is 6.26. The SMILES string of the molecule is CC(C)Oc1nc(NN)nc(NC2(C)CCOC2)n1. The van der Waals surface area contributed by atoms with Gasteiger partial charge in [0.15, 0.2) is 0 Å². The summed E-state index contributed by atoms with van der Waals surface area (Å²) in [5.41, 5.74) is 2.23. The highest BCUT2D eigenvalue weighted by atomic mass is 16.5. The lowest BCUT2D eigenvalue weighted by atomic mass is 10.0. The van der Waals surface area contributed by atoms with Crippen LogP contribution in [0.3, 0.4) is 0 Å². The summed E-state index contributed by atoms with van der Waals surface area (Å²) in [6, 6.07) is 0.239. The van der Waals surface area contributed by atoms with Gasteiger partial charge in [-0.15, -0.1) is 0 Å². The number of rotatable bonds is 5. The molecule has 2 heterocycles. The zero-order valence-electron chi connectivity index (χ0n) is 11.4. The number of nitrogens with zero attached hydrogens (tertiary/aromatic N) is 3. The van der Waals surface area contributed by atoms with Crippen LogP contribution in [0.15, 0.2) is 0 Å². The van der Waals surface area contributed by atoms with Crippen molar-refractivity contribution in [2.45, 2.75) is 38.8 Å². The lowest BCUT2D eigenvalue weighted by molar-refractivity contribution is 0.185. The van der Waals surface area contributed by atoms with Crippen LogP contribution in [0.5, 0.6) is 6.01 Å². The van der Waals surface area contributed by atoms with E-state index in [0.717, 1.165) is 13.0 Å². The van der Waals surface area contributed by atoms with Crippen molar-refractivity contribution in [3.05, 3.63) is 0 Å². The molecule has 19 heavy (non-hydrogen) atoms. The maximum Gasteiger partial charge on any atom is 0.323 e. The Morgan fingerprint density at radius 3 is 2.63 bits per heavy atom. The van der Waals surface area contributed by atoms with E-state index in [0.29, 0.717) is 12.6 Å². The van der Waals surface area contributed by atoms with E-state index in [4.69, 9.17) is 15.3 Å². The Bertz CT molecular complexity index is 433. The summed E-state index contributed by atoms with van der Waals surface area (Å²) < 4.78 is 10.8. The third kappa shape index (κ3) is 3.65. The molecule has 1 aliphatic rings. The van der Waals surface area contributed by atoms with Crippen LogP contribution in [0.2, 0.25) is 0 Å². The smallest absolute Gasteiger partial charge is 0.323 e. The summed E-state index contributed by atoms with van der Waals surface area (Å²) in [4.78, 5) is 12.4. The van der Waals surface area contributed by atoms with Crippen LogP contribution in [0.25, 0.3) is 0 Å². The number of aromatic nitrogens is 3. The van der Waals surface area contributed by atoms with E-state index in [9.17, 15) is 0 Å². The monoisotopic (exact) mass is 268 g/mol. The first-order chi connectivity index (χ1) is 9.00. The molecule has 1 fully saturated rings. The first-order valence-corrected chi connectivity index (χ1v) is 6.26. The Morgan fingerprint density at radius 1 is 1.32 bits per heavy atom. The van der Waals surface area contributed by atoms with Crippen molar-refractivity contribution in [1.82, 2.24) is 15.0 Å². The molecule has 106 valence electrons. The Kier molecular flexibility index (Phi) is 4.01. The third-order valence-corrected chi connectivity index (χ3v) is 2.72. The Morgan fingerprint density at radius 2 is 2.05 bits per heavy atom. The fraction of sp³-hybridized carbons (Fsp3) is 0.727. The van der Waals surface area contributed by atoms with Gasteiger partial charge >= 0.3 is 6.01 Å². The van der Waals surface area contributed by atoms with Crippen molar-refractivity contribution in [3.63, 3.8) is 0 Å². The highest BCUT2D eigenvalue weighted by Crippen LogP contribution is 2.23. The fourth-order valence-corrected chi connectivity index (χ4v) is 1.78. The van der Waals surface area contributed by atoms with E-state index in [-0.39, 0.29) is 23.6 Å². The van der Waals surface area contributed by atoms with Gasteiger partial charge in [-0.2, -0.15) is 15.0 Å². The summed E-state index contributed by atoms with van der Waals surface area (Å²) in [5, 5.41) is 3.24. The molecule has 4 N–H and O–H groups in total. The van der Waals surface area contributed by atoms with Gasteiger partial charge in [0, 0.05) is 6.61 Å². The second-order valence-electron chi connectivity index (χ2n) is 5.06. The number of nitrogens with one attached hydrogen (secondary N) is 2. The molecule has 1 aliphatic heterocycles. The van der Waals surface area contributed by atoms with Gasteiger partial charge in [0.05, 0.1) is 18.2 Å². The number of nitrogen functional groups attached to an aromatic ring is 1. The highest BCUT2D eigenvalue weighted by molar-refractivity contribution is 5.37. The number of nitrogens with two attached hydrogens (primary N) is 1. The number of hydrogen-bond donors (Lipinski definition) is 3. The van der Waals surface area contributed by atoms with Gasteiger partial charge in [-0.25, -0.2) is 5.84 Å². The minimum absolute atomic E-state index is 0.0220. The largest absolute Gasteiger partial charge is 0.461 e. The van der Waals surface area contributed by atoms with Crippen LogP contribution in [-0.2, 0) is 4.74 Å². The molecule has 0 saturated carbocycles. The van der Waals surface area contributed by atoms with Crippen LogP contribution >= 0.6 is 0 Å². The van der Waals surface area contributed by atoms with Gasteiger partial charge in [-0.3, -0.25) is 5.43 Å². The molecule has 1 aromatic rings. The van der Waals surface area contributed by atoms with E-state index < -0.39 is 0 Å². The molecule has 1 atom stereocenters. The molecular formula is C11H20N6O2. The van der Waals surface area contributed by atoms with Crippen LogP contribution in [-0.4, -0.2) is 39.8 Å². The Labute approximate surface area is 112 Å². The van der Waals surface area contributed by atoms with Gasteiger partial charge in [0.2, 0.25) is 11.9 Å². The molecule has 0 radical (unpaired) electrons. The maximum atomic E-state index is 5.47. The van der Waals surface area contributed by atoms with Gasteiger partial charge in [-0.05, 0) is 27.2 Å². The van der Waals surface area contributed by atoms with Crippen LogP contribution in [0.1, 0.15) is 27.2 Å². The first kappa shape index (κ1) is 13.8. The zero-order valence-corrected chi connectivity index (χ0v) is 11.4. The standard InChI is InChI=1S/C11H20N6O2/c1-7(2)19-10-14-8(13-9(15-10)17-12)16-11(3)4-5-18-6-11/h7H,4-6,12H2,1-3H3,(H2,13,14,15,16,17). The average molecular weight is 268 g/mol. The molecular weight excluding hydrogens is 248 g/mol. The molecule has 0 aliphatic carbocycles. The molecule has 8 nitrogen and oxygen atoms in total. The molecule has 8 heteroatoms. The van der Waals surface area contributed by atoms with E-state index >= 15 is 0 Å². The molecule has 2 rings (SSSR count).